The Morgan fingerprint density at radius 2 is 1.92 bits per heavy atom. The van der Waals surface area contributed by atoms with Crippen molar-refractivity contribution in [3.63, 3.8) is 0 Å². The van der Waals surface area contributed by atoms with E-state index in [1.54, 1.807) is 4.68 Å². The third-order valence-corrected chi connectivity index (χ3v) is 4.03. The first-order valence-corrected chi connectivity index (χ1v) is 8.37. The van der Waals surface area contributed by atoms with Crippen LogP contribution in [0.3, 0.4) is 0 Å². The van der Waals surface area contributed by atoms with E-state index in [0.717, 1.165) is 11.4 Å². The zero-order chi connectivity index (χ0) is 17.7. The zero-order valence-electron chi connectivity index (χ0n) is 15.3. The Labute approximate surface area is 144 Å². The molecule has 2 rings (SSSR count). The highest BCUT2D eigenvalue weighted by molar-refractivity contribution is 5.75. The number of amides is 1. The maximum absolute atomic E-state index is 12.2. The SMILES string of the molecule is Cc1cc(C)n(CC(=O)NCC(C)(C)N[C@H](C)c2ccccc2)n1. The number of carbonyl (C=O) groups is 1. The molecule has 2 aromatic rings. The summed E-state index contributed by atoms with van der Waals surface area (Å²) in [5, 5.41) is 10.9. The van der Waals surface area contributed by atoms with Gasteiger partial charge in [0.2, 0.25) is 5.91 Å². The Bertz CT molecular complexity index is 676. The van der Waals surface area contributed by atoms with E-state index in [9.17, 15) is 4.79 Å². The number of carbonyl (C=O) groups excluding carboxylic acids is 1. The predicted molar refractivity (Wildman–Crippen MR) is 96.8 cm³/mol. The van der Waals surface area contributed by atoms with Crippen LogP contribution in [0.2, 0.25) is 0 Å². The minimum absolute atomic E-state index is 0.0246. The van der Waals surface area contributed by atoms with Crippen LogP contribution in [-0.2, 0) is 11.3 Å². The van der Waals surface area contributed by atoms with Crippen LogP contribution in [0.25, 0.3) is 0 Å². The number of nitrogens with one attached hydrogen (secondary N) is 2. The van der Waals surface area contributed by atoms with Gasteiger partial charge in [-0.2, -0.15) is 5.10 Å². The van der Waals surface area contributed by atoms with Crippen molar-refractivity contribution in [3.8, 4) is 0 Å². The third kappa shape index (κ3) is 5.20. The van der Waals surface area contributed by atoms with Crippen LogP contribution >= 0.6 is 0 Å². The van der Waals surface area contributed by atoms with Crippen molar-refractivity contribution < 1.29 is 4.79 Å². The summed E-state index contributed by atoms with van der Waals surface area (Å²) in [6.07, 6.45) is 0. The fraction of sp³-hybridized carbons (Fsp3) is 0.474. The number of benzene rings is 1. The largest absolute Gasteiger partial charge is 0.353 e. The molecule has 0 aliphatic rings. The Kier molecular flexibility index (Phi) is 5.78. The lowest BCUT2D eigenvalue weighted by molar-refractivity contribution is -0.122. The summed E-state index contributed by atoms with van der Waals surface area (Å²) >= 11 is 0. The van der Waals surface area contributed by atoms with Crippen LogP contribution in [0.4, 0.5) is 0 Å². The molecular weight excluding hydrogens is 300 g/mol. The Morgan fingerprint density at radius 3 is 2.50 bits per heavy atom. The first-order valence-electron chi connectivity index (χ1n) is 8.37. The molecule has 5 heteroatoms. The van der Waals surface area contributed by atoms with E-state index >= 15 is 0 Å². The van der Waals surface area contributed by atoms with E-state index in [0.29, 0.717) is 6.54 Å². The molecule has 0 bridgehead atoms. The van der Waals surface area contributed by atoms with Gasteiger partial charge in [-0.15, -0.1) is 0 Å². The van der Waals surface area contributed by atoms with Crippen molar-refractivity contribution in [2.24, 2.45) is 0 Å². The lowest BCUT2D eigenvalue weighted by atomic mass is 10.0. The fourth-order valence-electron chi connectivity index (χ4n) is 2.81. The molecule has 0 saturated heterocycles. The fourth-order valence-corrected chi connectivity index (χ4v) is 2.81. The molecule has 1 amide bonds. The van der Waals surface area contributed by atoms with E-state index in [1.165, 1.54) is 5.56 Å². The minimum atomic E-state index is -0.208. The summed E-state index contributed by atoms with van der Waals surface area (Å²) in [6.45, 7) is 11.0. The summed E-state index contributed by atoms with van der Waals surface area (Å²) in [5.74, 6) is -0.0246. The molecule has 130 valence electrons. The number of aromatic nitrogens is 2. The van der Waals surface area contributed by atoms with E-state index in [1.807, 2.05) is 38.1 Å². The maximum atomic E-state index is 12.2. The van der Waals surface area contributed by atoms with E-state index in [-0.39, 0.29) is 24.0 Å². The van der Waals surface area contributed by atoms with Crippen LogP contribution in [0.1, 0.15) is 43.8 Å². The normalized spacial score (nSPS) is 12.9. The van der Waals surface area contributed by atoms with Gasteiger partial charge in [-0.25, -0.2) is 0 Å². The second-order valence-corrected chi connectivity index (χ2v) is 7.02. The van der Waals surface area contributed by atoms with Gasteiger partial charge in [0.15, 0.2) is 0 Å². The standard InChI is InChI=1S/C19H28N4O/c1-14-11-15(2)23(22-14)12-18(24)20-13-19(4,5)21-16(3)17-9-7-6-8-10-17/h6-11,16,21H,12-13H2,1-5H3,(H,20,24)/t16-/m1/s1. The Balaban J connectivity index is 1.85. The average molecular weight is 328 g/mol. The summed E-state index contributed by atoms with van der Waals surface area (Å²) in [7, 11) is 0. The van der Waals surface area contributed by atoms with Crippen molar-refractivity contribution in [1.29, 1.82) is 0 Å². The van der Waals surface area contributed by atoms with Gasteiger partial charge in [0, 0.05) is 23.8 Å². The summed E-state index contributed by atoms with van der Waals surface area (Å²) in [4.78, 5) is 12.2. The highest BCUT2D eigenvalue weighted by atomic mass is 16.2. The van der Waals surface area contributed by atoms with Crippen LogP contribution < -0.4 is 10.6 Å². The van der Waals surface area contributed by atoms with Gasteiger partial charge in [0.1, 0.15) is 6.54 Å². The second kappa shape index (κ2) is 7.62. The maximum Gasteiger partial charge on any atom is 0.241 e. The molecule has 24 heavy (non-hydrogen) atoms. The van der Waals surface area contributed by atoms with Crippen LogP contribution in [0.15, 0.2) is 36.4 Å². The molecule has 0 aliphatic carbocycles. The Hall–Kier alpha value is -2.14. The number of aryl methyl sites for hydroxylation is 2. The number of rotatable bonds is 7. The predicted octanol–water partition coefficient (Wildman–Crippen LogP) is 2.75. The Morgan fingerprint density at radius 1 is 1.25 bits per heavy atom. The molecule has 1 aromatic heterocycles. The molecule has 0 saturated carbocycles. The van der Waals surface area contributed by atoms with Gasteiger partial charge in [-0.1, -0.05) is 30.3 Å². The second-order valence-electron chi connectivity index (χ2n) is 7.02. The molecule has 0 spiro atoms. The van der Waals surface area contributed by atoms with Gasteiger partial charge < -0.3 is 10.6 Å². The van der Waals surface area contributed by atoms with Crippen LogP contribution in [-0.4, -0.2) is 27.8 Å². The monoisotopic (exact) mass is 328 g/mol. The molecule has 0 aliphatic heterocycles. The molecule has 5 nitrogen and oxygen atoms in total. The van der Waals surface area contributed by atoms with E-state index in [4.69, 9.17) is 0 Å². The molecule has 0 unspecified atom stereocenters. The van der Waals surface area contributed by atoms with Gasteiger partial charge in [-0.05, 0) is 46.2 Å². The summed E-state index contributed by atoms with van der Waals surface area (Å²) in [6, 6.07) is 12.5. The van der Waals surface area contributed by atoms with Crippen molar-refractivity contribution in [2.45, 2.75) is 52.7 Å². The topological polar surface area (TPSA) is 59.0 Å². The molecule has 0 fully saturated rings. The van der Waals surface area contributed by atoms with Crippen LogP contribution in [0, 0.1) is 13.8 Å². The number of nitrogens with zero attached hydrogens (tertiary/aromatic N) is 2. The molecule has 0 radical (unpaired) electrons. The smallest absolute Gasteiger partial charge is 0.241 e. The van der Waals surface area contributed by atoms with Crippen molar-refractivity contribution in [3.05, 3.63) is 53.3 Å². The first-order chi connectivity index (χ1) is 11.3. The molecule has 2 N–H and O–H groups in total. The lowest BCUT2D eigenvalue weighted by Crippen LogP contribution is -2.50. The van der Waals surface area contributed by atoms with E-state index in [2.05, 4.69) is 48.6 Å². The quantitative estimate of drug-likeness (QED) is 0.821. The van der Waals surface area contributed by atoms with Gasteiger partial charge in [0.25, 0.3) is 0 Å². The minimum Gasteiger partial charge on any atom is -0.353 e. The van der Waals surface area contributed by atoms with Crippen molar-refractivity contribution in [1.82, 2.24) is 20.4 Å². The highest BCUT2D eigenvalue weighted by Crippen LogP contribution is 2.15. The number of hydrogen-bond donors (Lipinski definition) is 2. The van der Waals surface area contributed by atoms with Gasteiger partial charge in [-0.3, -0.25) is 9.48 Å². The van der Waals surface area contributed by atoms with Crippen molar-refractivity contribution >= 4 is 5.91 Å². The summed E-state index contributed by atoms with van der Waals surface area (Å²) in [5.41, 5.74) is 2.95. The van der Waals surface area contributed by atoms with Crippen LogP contribution in [0.5, 0.6) is 0 Å². The number of hydrogen-bond acceptors (Lipinski definition) is 3. The molecule has 1 aromatic carbocycles. The molecule has 1 atom stereocenters. The van der Waals surface area contributed by atoms with Crippen molar-refractivity contribution in [2.75, 3.05) is 6.54 Å². The van der Waals surface area contributed by atoms with Gasteiger partial charge >= 0.3 is 0 Å². The lowest BCUT2D eigenvalue weighted by Gasteiger charge is -2.31. The molecular formula is C19H28N4O. The zero-order valence-corrected chi connectivity index (χ0v) is 15.3. The highest BCUT2D eigenvalue weighted by Gasteiger charge is 2.21. The summed E-state index contributed by atoms with van der Waals surface area (Å²) < 4.78 is 1.73. The average Bonchev–Trinajstić information content (AvgIpc) is 2.83. The molecule has 1 heterocycles. The third-order valence-electron chi connectivity index (χ3n) is 4.03. The first kappa shape index (κ1) is 18.2. The van der Waals surface area contributed by atoms with E-state index < -0.39 is 0 Å². The van der Waals surface area contributed by atoms with Gasteiger partial charge in [0.05, 0.1) is 5.69 Å².